The van der Waals surface area contributed by atoms with Crippen molar-refractivity contribution in [3.63, 3.8) is 0 Å². The van der Waals surface area contributed by atoms with E-state index < -0.39 is 5.41 Å². The fourth-order valence-electron chi connectivity index (χ4n) is 3.78. The van der Waals surface area contributed by atoms with Crippen LogP contribution < -0.4 is 0 Å². The van der Waals surface area contributed by atoms with Crippen molar-refractivity contribution in [1.29, 1.82) is 10.5 Å². The van der Waals surface area contributed by atoms with Gasteiger partial charge in [-0.05, 0) is 23.3 Å². The summed E-state index contributed by atoms with van der Waals surface area (Å²) < 4.78 is 0. The van der Waals surface area contributed by atoms with Crippen LogP contribution >= 0.6 is 0 Å². The molecule has 0 N–H and O–H groups in total. The molecule has 0 fully saturated rings. The molecule has 2 rings (SSSR count). The Morgan fingerprint density at radius 3 is 2.09 bits per heavy atom. The van der Waals surface area contributed by atoms with Crippen LogP contribution in [0, 0.1) is 45.3 Å². The van der Waals surface area contributed by atoms with Gasteiger partial charge in [0.15, 0.2) is 5.41 Å². The Labute approximate surface area is 140 Å². The predicted octanol–water partition coefficient (Wildman–Crippen LogP) is 5.45. The number of hydrogen-bond acceptors (Lipinski definition) is 2. The maximum Gasteiger partial charge on any atom is 0.157 e. The van der Waals surface area contributed by atoms with Crippen molar-refractivity contribution in [2.24, 2.45) is 22.7 Å². The van der Waals surface area contributed by atoms with E-state index in [-0.39, 0.29) is 17.3 Å². The second-order valence-corrected chi connectivity index (χ2v) is 8.00. The van der Waals surface area contributed by atoms with E-state index in [1.165, 1.54) is 5.57 Å². The molecular weight excluding hydrogens is 280 g/mol. The summed E-state index contributed by atoms with van der Waals surface area (Å²) in [6.07, 6.45) is 3.01. The van der Waals surface area contributed by atoms with Crippen LogP contribution in [-0.4, -0.2) is 0 Å². The zero-order chi connectivity index (χ0) is 17.3. The number of nitriles is 2. The Hall–Kier alpha value is -2.06. The van der Waals surface area contributed by atoms with Gasteiger partial charge in [-0.3, -0.25) is 0 Å². The molecule has 0 heterocycles. The van der Waals surface area contributed by atoms with Crippen LogP contribution in [0.15, 0.2) is 42.0 Å². The number of hydrogen-bond donors (Lipinski definition) is 0. The second kappa shape index (κ2) is 6.21. The molecule has 1 aromatic carbocycles. The SMILES string of the molecule is CC(C)C1=C[C@@H](c2ccccc2)C(C#N)(C#N)[C@@H](C(C)(C)C)C1. The van der Waals surface area contributed by atoms with Gasteiger partial charge < -0.3 is 0 Å². The van der Waals surface area contributed by atoms with Crippen LogP contribution in [0.5, 0.6) is 0 Å². The number of benzene rings is 1. The van der Waals surface area contributed by atoms with Crippen molar-refractivity contribution in [2.75, 3.05) is 0 Å². The smallest absolute Gasteiger partial charge is 0.157 e. The largest absolute Gasteiger partial charge is 0.197 e. The van der Waals surface area contributed by atoms with E-state index in [0.717, 1.165) is 12.0 Å². The van der Waals surface area contributed by atoms with E-state index in [9.17, 15) is 10.5 Å². The topological polar surface area (TPSA) is 47.6 Å². The number of rotatable bonds is 2. The molecule has 0 saturated carbocycles. The Kier molecular flexibility index (Phi) is 4.67. The van der Waals surface area contributed by atoms with Gasteiger partial charge in [0.25, 0.3) is 0 Å². The van der Waals surface area contributed by atoms with Crippen LogP contribution in [0.3, 0.4) is 0 Å². The van der Waals surface area contributed by atoms with Crippen molar-refractivity contribution in [3.05, 3.63) is 47.5 Å². The molecule has 0 amide bonds. The third kappa shape index (κ3) is 3.04. The summed E-state index contributed by atoms with van der Waals surface area (Å²) >= 11 is 0. The lowest BCUT2D eigenvalue weighted by Gasteiger charge is -2.46. The maximum atomic E-state index is 10.0. The highest BCUT2D eigenvalue weighted by Gasteiger charge is 2.53. The fraction of sp³-hybridized carbons (Fsp3) is 0.524. The molecule has 2 nitrogen and oxygen atoms in total. The minimum Gasteiger partial charge on any atom is -0.197 e. The predicted molar refractivity (Wildman–Crippen MR) is 93.3 cm³/mol. The van der Waals surface area contributed by atoms with Gasteiger partial charge in [-0.15, -0.1) is 0 Å². The van der Waals surface area contributed by atoms with E-state index in [2.05, 4.69) is 52.8 Å². The average molecular weight is 306 g/mol. The van der Waals surface area contributed by atoms with Crippen molar-refractivity contribution in [3.8, 4) is 12.1 Å². The lowest BCUT2D eigenvalue weighted by molar-refractivity contribution is 0.119. The lowest BCUT2D eigenvalue weighted by Crippen LogP contribution is -2.44. The molecule has 0 spiro atoms. The third-order valence-corrected chi connectivity index (χ3v) is 5.18. The third-order valence-electron chi connectivity index (χ3n) is 5.18. The molecule has 2 heteroatoms. The molecule has 1 aliphatic carbocycles. The molecule has 2 atom stereocenters. The lowest BCUT2D eigenvalue weighted by atomic mass is 9.53. The Morgan fingerprint density at radius 1 is 1.09 bits per heavy atom. The standard InChI is InChI=1S/C21H26N2/c1-15(2)17-11-18(16-9-7-6-8-10-16)21(13-22,14-23)19(12-17)20(3,4)5/h6-11,15,18-19H,12H2,1-5H3/t18-,19+/m0/s1. The van der Waals surface area contributed by atoms with Gasteiger partial charge in [-0.1, -0.05) is 76.6 Å². The zero-order valence-electron chi connectivity index (χ0n) is 14.8. The van der Waals surface area contributed by atoms with Crippen molar-refractivity contribution in [2.45, 2.75) is 47.0 Å². The Bertz CT molecular complexity index is 649. The first-order valence-electron chi connectivity index (χ1n) is 8.34. The second-order valence-electron chi connectivity index (χ2n) is 8.00. The maximum absolute atomic E-state index is 10.0. The van der Waals surface area contributed by atoms with Crippen LogP contribution in [0.1, 0.15) is 52.5 Å². The summed E-state index contributed by atoms with van der Waals surface area (Å²) in [5, 5.41) is 20.1. The summed E-state index contributed by atoms with van der Waals surface area (Å²) in [6, 6.07) is 14.9. The molecule has 0 bridgehead atoms. The van der Waals surface area contributed by atoms with Gasteiger partial charge in [0.05, 0.1) is 12.1 Å². The van der Waals surface area contributed by atoms with E-state index in [1.54, 1.807) is 0 Å². The van der Waals surface area contributed by atoms with Crippen LogP contribution in [0.25, 0.3) is 0 Å². The van der Waals surface area contributed by atoms with Gasteiger partial charge in [0.1, 0.15) is 0 Å². The van der Waals surface area contributed by atoms with E-state index in [4.69, 9.17) is 0 Å². The fourth-order valence-corrected chi connectivity index (χ4v) is 3.78. The number of nitrogens with zero attached hydrogens (tertiary/aromatic N) is 2. The quantitative estimate of drug-likeness (QED) is 0.682. The summed E-state index contributed by atoms with van der Waals surface area (Å²) in [4.78, 5) is 0. The van der Waals surface area contributed by atoms with Crippen LogP contribution in [0.2, 0.25) is 0 Å². The summed E-state index contributed by atoms with van der Waals surface area (Å²) in [5.41, 5.74) is 1.30. The van der Waals surface area contributed by atoms with Crippen molar-refractivity contribution >= 4 is 0 Å². The molecule has 0 aliphatic heterocycles. The first-order chi connectivity index (χ1) is 10.8. The Balaban J connectivity index is 2.70. The van der Waals surface area contributed by atoms with E-state index >= 15 is 0 Å². The van der Waals surface area contributed by atoms with Crippen LogP contribution in [0.4, 0.5) is 0 Å². The number of allylic oxidation sites excluding steroid dienone is 2. The minimum atomic E-state index is -1.02. The van der Waals surface area contributed by atoms with E-state index in [0.29, 0.717) is 5.92 Å². The molecule has 0 radical (unpaired) electrons. The molecule has 1 aromatic rings. The zero-order valence-corrected chi connectivity index (χ0v) is 14.8. The highest BCUT2D eigenvalue weighted by molar-refractivity contribution is 5.41. The van der Waals surface area contributed by atoms with Gasteiger partial charge in [-0.2, -0.15) is 10.5 Å². The normalized spacial score (nSPS) is 23.7. The average Bonchev–Trinajstić information content (AvgIpc) is 2.53. The highest BCUT2D eigenvalue weighted by Crippen LogP contribution is 2.55. The Morgan fingerprint density at radius 2 is 1.65 bits per heavy atom. The first-order valence-corrected chi connectivity index (χ1v) is 8.34. The first kappa shape index (κ1) is 17.3. The minimum absolute atomic E-state index is 0.0117. The molecular formula is C21H26N2. The van der Waals surface area contributed by atoms with Crippen molar-refractivity contribution in [1.82, 2.24) is 0 Å². The van der Waals surface area contributed by atoms with Gasteiger partial charge >= 0.3 is 0 Å². The monoisotopic (exact) mass is 306 g/mol. The molecule has 0 saturated heterocycles. The molecule has 1 aliphatic rings. The summed E-state index contributed by atoms with van der Waals surface area (Å²) in [5.74, 6) is 0.271. The van der Waals surface area contributed by atoms with Gasteiger partial charge in [-0.25, -0.2) is 0 Å². The molecule has 0 aromatic heterocycles. The molecule has 23 heavy (non-hydrogen) atoms. The van der Waals surface area contributed by atoms with Crippen LogP contribution in [-0.2, 0) is 0 Å². The molecule has 0 unspecified atom stereocenters. The molecule has 120 valence electrons. The summed E-state index contributed by atoms with van der Waals surface area (Å²) in [6.45, 7) is 10.8. The van der Waals surface area contributed by atoms with Gasteiger partial charge in [0, 0.05) is 11.8 Å². The summed E-state index contributed by atoms with van der Waals surface area (Å²) in [7, 11) is 0. The van der Waals surface area contributed by atoms with E-state index in [1.807, 2.05) is 30.3 Å². The highest BCUT2D eigenvalue weighted by atomic mass is 14.6. The van der Waals surface area contributed by atoms with Crippen molar-refractivity contribution < 1.29 is 0 Å². The van der Waals surface area contributed by atoms with Gasteiger partial charge in [0.2, 0.25) is 0 Å².